The Labute approximate surface area is 139 Å². The van der Waals surface area contributed by atoms with Gasteiger partial charge in [-0.15, -0.1) is 0 Å². The van der Waals surface area contributed by atoms with Crippen LogP contribution in [0.3, 0.4) is 0 Å². The van der Waals surface area contributed by atoms with Crippen molar-refractivity contribution < 1.29 is 9.53 Å². The molecule has 24 heavy (non-hydrogen) atoms. The molecule has 2 heterocycles. The predicted molar refractivity (Wildman–Crippen MR) is 91.7 cm³/mol. The monoisotopic (exact) mass is 319 g/mol. The normalized spacial score (nSPS) is 14.2. The predicted octanol–water partition coefficient (Wildman–Crippen LogP) is 3.33. The number of rotatable bonds is 5. The maximum absolute atomic E-state index is 11.5. The lowest BCUT2D eigenvalue weighted by Gasteiger charge is -2.08. The first-order chi connectivity index (χ1) is 11.8. The number of benzene rings is 1. The summed E-state index contributed by atoms with van der Waals surface area (Å²) in [6.45, 7) is 0.540. The number of aromatic amines is 1. The van der Waals surface area contributed by atoms with Crippen LogP contribution < -0.4 is 4.74 Å². The fourth-order valence-electron chi connectivity index (χ4n) is 3.02. The molecule has 0 saturated carbocycles. The average molecular weight is 319 g/mol. The number of carbonyl (C=O) groups is 1. The van der Waals surface area contributed by atoms with Crippen LogP contribution >= 0.6 is 0 Å². The van der Waals surface area contributed by atoms with Gasteiger partial charge in [0.15, 0.2) is 5.78 Å². The number of ketones is 1. The van der Waals surface area contributed by atoms with E-state index >= 15 is 0 Å². The molecule has 2 aromatic heterocycles. The molecular weight excluding hydrogens is 302 g/mol. The van der Waals surface area contributed by atoms with E-state index in [4.69, 9.17) is 4.74 Å². The zero-order chi connectivity index (χ0) is 16.4. The summed E-state index contributed by atoms with van der Waals surface area (Å²) in [5.74, 6) is 0.732. The molecule has 3 aromatic rings. The van der Waals surface area contributed by atoms with Gasteiger partial charge >= 0.3 is 0 Å². The van der Waals surface area contributed by atoms with Crippen molar-refractivity contribution >= 4 is 22.4 Å². The quantitative estimate of drug-likeness (QED) is 0.783. The van der Waals surface area contributed by atoms with Crippen molar-refractivity contribution in [3.05, 3.63) is 60.1 Å². The van der Waals surface area contributed by atoms with Gasteiger partial charge in [-0.05, 0) is 23.6 Å². The molecule has 1 N–H and O–H groups in total. The van der Waals surface area contributed by atoms with Gasteiger partial charge in [0.05, 0.1) is 12.0 Å². The summed E-state index contributed by atoms with van der Waals surface area (Å²) in [6.07, 6.45) is 7.23. The minimum Gasteiger partial charge on any atom is -0.477 e. The number of fused-ring (bicyclic) bond motifs is 1. The molecule has 0 radical (unpaired) electrons. The lowest BCUT2D eigenvalue weighted by atomic mass is 10.1. The molecule has 0 spiro atoms. The van der Waals surface area contributed by atoms with Crippen molar-refractivity contribution in [1.29, 1.82) is 0 Å². The van der Waals surface area contributed by atoms with Gasteiger partial charge in [0.2, 0.25) is 5.88 Å². The summed E-state index contributed by atoms with van der Waals surface area (Å²) >= 11 is 0. The molecule has 4 rings (SSSR count). The fourth-order valence-corrected chi connectivity index (χ4v) is 3.02. The van der Waals surface area contributed by atoms with Gasteiger partial charge in [-0.25, -0.2) is 9.97 Å². The summed E-state index contributed by atoms with van der Waals surface area (Å²) in [5.41, 5.74) is 3.94. The van der Waals surface area contributed by atoms with E-state index in [1.807, 2.05) is 24.4 Å². The Morgan fingerprint density at radius 3 is 2.79 bits per heavy atom. The van der Waals surface area contributed by atoms with Gasteiger partial charge in [0.1, 0.15) is 12.0 Å². The van der Waals surface area contributed by atoms with Crippen LogP contribution in [0, 0.1) is 0 Å². The molecule has 0 bridgehead atoms. The molecule has 0 aliphatic heterocycles. The second kappa shape index (κ2) is 6.28. The van der Waals surface area contributed by atoms with Crippen LogP contribution in [0.15, 0.2) is 48.9 Å². The SMILES string of the molecule is O=C1C=C(c2c[nH]c3ncnc(OCCc4ccccc4)c23)CC1. The third kappa shape index (κ3) is 2.80. The largest absolute Gasteiger partial charge is 0.477 e. The van der Waals surface area contributed by atoms with E-state index in [9.17, 15) is 4.79 Å². The zero-order valence-corrected chi connectivity index (χ0v) is 13.2. The van der Waals surface area contributed by atoms with Gasteiger partial charge in [-0.1, -0.05) is 30.3 Å². The Morgan fingerprint density at radius 1 is 1.12 bits per heavy atom. The topological polar surface area (TPSA) is 67.9 Å². The molecule has 5 nitrogen and oxygen atoms in total. The highest BCUT2D eigenvalue weighted by atomic mass is 16.5. The fraction of sp³-hybridized carbons (Fsp3) is 0.211. The average Bonchev–Trinajstić information content (AvgIpc) is 3.22. The van der Waals surface area contributed by atoms with Crippen molar-refractivity contribution in [1.82, 2.24) is 15.0 Å². The van der Waals surface area contributed by atoms with Crippen LogP contribution in [0.2, 0.25) is 0 Å². The number of H-pyrrole nitrogens is 1. The molecule has 0 amide bonds. The van der Waals surface area contributed by atoms with Crippen LogP contribution in [0.5, 0.6) is 5.88 Å². The smallest absolute Gasteiger partial charge is 0.226 e. The summed E-state index contributed by atoms with van der Waals surface area (Å²) in [7, 11) is 0. The summed E-state index contributed by atoms with van der Waals surface area (Å²) in [4.78, 5) is 23.3. The van der Waals surface area contributed by atoms with Crippen molar-refractivity contribution in [2.24, 2.45) is 0 Å². The molecule has 0 atom stereocenters. The number of nitrogens with one attached hydrogen (secondary N) is 1. The number of nitrogens with zero attached hydrogens (tertiary/aromatic N) is 2. The molecule has 0 saturated heterocycles. The lowest BCUT2D eigenvalue weighted by Crippen LogP contribution is -2.03. The number of ether oxygens (including phenoxy) is 1. The molecular formula is C19H17N3O2. The van der Waals surface area contributed by atoms with E-state index in [2.05, 4.69) is 27.1 Å². The second-order valence-electron chi connectivity index (χ2n) is 5.82. The zero-order valence-electron chi connectivity index (χ0n) is 13.2. The Bertz CT molecular complexity index is 913. The van der Waals surface area contributed by atoms with Crippen LogP contribution in [0.25, 0.3) is 16.6 Å². The summed E-state index contributed by atoms with van der Waals surface area (Å²) in [5, 5.41) is 0.853. The van der Waals surface area contributed by atoms with Crippen molar-refractivity contribution in [2.75, 3.05) is 6.61 Å². The first-order valence-corrected chi connectivity index (χ1v) is 8.04. The molecule has 1 aliphatic rings. The lowest BCUT2D eigenvalue weighted by molar-refractivity contribution is -0.114. The summed E-state index contributed by atoms with van der Waals surface area (Å²) < 4.78 is 5.93. The van der Waals surface area contributed by atoms with E-state index in [1.165, 1.54) is 11.9 Å². The molecule has 1 aliphatic carbocycles. The number of carbonyl (C=O) groups excluding carboxylic acids is 1. The minimum absolute atomic E-state index is 0.169. The second-order valence-corrected chi connectivity index (χ2v) is 5.82. The number of allylic oxidation sites excluding steroid dienone is 2. The number of hydrogen-bond acceptors (Lipinski definition) is 4. The molecule has 0 unspecified atom stereocenters. The van der Waals surface area contributed by atoms with E-state index in [0.29, 0.717) is 18.9 Å². The van der Waals surface area contributed by atoms with Gasteiger partial charge in [0.25, 0.3) is 0 Å². The highest BCUT2D eigenvalue weighted by Crippen LogP contribution is 2.34. The highest BCUT2D eigenvalue weighted by molar-refractivity contribution is 6.05. The van der Waals surface area contributed by atoms with Crippen LogP contribution in [0.1, 0.15) is 24.0 Å². The molecule has 5 heteroatoms. The van der Waals surface area contributed by atoms with Crippen molar-refractivity contribution in [3.63, 3.8) is 0 Å². The molecule has 120 valence electrons. The summed E-state index contributed by atoms with van der Waals surface area (Å²) in [6, 6.07) is 10.2. The standard InChI is InChI=1S/C19H17N3O2/c23-15-7-6-14(10-15)16-11-20-18-17(16)19(22-12-21-18)24-9-8-13-4-2-1-3-5-13/h1-5,10-12H,6-9H2,(H,20,21,22). The Morgan fingerprint density at radius 2 is 2.00 bits per heavy atom. The van der Waals surface area contributed by atoms with Crippen LogP contribution in [-0.2, 0) is 11.2 Å². The van der Waals surface area contributed by atoms with Crippen LogP contribution in [0.4, 0.5) is 0 Å². The first-order valence-electron chi connectivity index (χ1n) is 8.04. The van der Waals surface area contributed by atoms with Gasteiger partial charge in [-0.3, -0.25) is 4.79 Å². The van der Waals surface area contributed by atoms with Gasteiger partial charge in [0, 0.05) is 24.6 Å². The maximum atomic E-state index is 11.5. The maximum Gasteiger partial charge on any atom is 0.226 e. The van der Waals surface area contributed by atoms with E-state index in [0.717, 1.165) is 35.0 Å². The van der Waals surface area contributed by atoms with E-state index in [-0.39, 0.29) is 5.78 Å². The number of hydrogen-bond donors (Lipinski definition) is 1. The third-order valence-electron chi connectivity index (χ3n) is 4.23. The van der Waals surface area contributed by atoms with Gasteiger partial charge < -0.3 is 9.72 Å². The Balaban J connectivity index is 1.60. The highest BCUT2D eigenvalue weighted by Gasteiger charge is 2.20. The minimum atomic E-state index is 0.169. The first kappa shape index (κ1) is 14.6. The van der Waals surface area contributed by atoms with Crippen molar-refractivity contribution in [2.45, 2.75) is 19.3 Å². The van der Waals surface area contributed by atoms with Crippen molar-refractivity contribution in [3.8, 4) is 5.88 Å². The third-order valence-corrected chi connectivity index (χ3v) is 4.23. The molecule has 0 fully saturated rings. The Hall–Kier alpha value is -2.95. The number of aromatic nitrogens is 3. The molecule has 1 aromatic carbocycles. The Kier molecular flexibility index (Phi) is 3.83. The van der Waals surface area contributed by atoms with Crippen LogP contribution in [-0.4, -0.2) is 27.3 Å². The van der Waals surface area contributed by atoms with E-state index in [1.54, 1.807) is 6.08 Å². The van der Waals surface area contributed by atoms with E-state index < -0.39 is 0 Å². The van der Waals surface area contributed by atoms with Gasteiger partial charge in [-0.2, -0.15) is 0 Å².